The Hall–Kier alpha value is -2.00. The van der Waals surface area contributed by atoms with Gasteiger partial charge >= 0.3 is 0 Å². The highest BCUT2D eigenvalue weighted by atomic mass is 16.5. The molecule has 3 unspecified atom stereocenters. The molecule has 0 saturated heterocycles. The van der Waals surface area contributed by atoms with Crippen molar-refractivity contribution >= 4 is 0 Å². The zero-order chi connectivity index (χ0) is 13.4. The summed E-state index contributed by atoms with van der Waals surface area (Å²) in [5, 5.41) is 19.9. The fraction of sp³-hybridized carbons (Fsp3) is 0.250. The Kier molecular flexibility index (Phi) is 2.91. The summed E-state index contributed by atoms with van der Waals surface area (Å²) in [6, 6.07) is 14.7. The van der Waals surface area contributed by atoms with Gasteiger partial charge in [0.2, 0.25) is 0 Å². The molecule has 2 N–H and O–H groups in total. The van der Waals surface area contributed by atoms with Crippen LogP contribution in [0.15, 0.2) is 48.5 Å². The standard InChI is InChI=1S/C16H16O3/c1-10-15(18)13-9-12(17)7-8-14(13)19-16(10)11-5-3-2-4-6-11/h2-10,15-18H,1H3. The van der Waals surface area contributed by atoms with E-state index in [0.717, 1.165) is 5.56 Å². The minimum absolute atomic E-state index is 0.0725. The summed E-state index contributed by atoms with van der Waals surface area (Å²) in [5.74, 6) is 0.709. The topological polar surface area (TPSA) is 49.7 Å². The average molecular weight is 256 g/mol. The van der Waals surface area contributed by atoms with Gasteiger partial charge in [-0.05, 0) is 23.8 Å². The zero-order valence-electron chi connectivity index (χ0n) is 10.7. The number of aliphatic hydroxyl groups excluding tert-OH is 1. The molecule has 0 aliphatic carbocycles. The molecule has 1 heterocycles. The van der Waals surface area contributed by atoms with E-state index in [9.17, 15) is 10.2 Å². The van der Waals surface area contributed by atoms with Crippen molar-refractivity contribution in [2.75, 3.05) is 0 Å². The highest BCUT2D eigenvalue weighted by molar-refractivity contribution is 5.43. The third-order valence-corrected chi connectivity index (χ3v) is 3.67. The fourth-order valence-electron chi connectivity index (χ4n) is 2.58. The van der Waals surface area contributed by atoms with E-state index in [-0.39, 0.29) is 17.8 Å². The number of hydrogen-bond acceptors (Lipinski definition) is 3. The molecule has 2 aromatic rings. The van der Waals surface area contributed by atoms with Crippen molar-refractivity contribution in [2.24, 2.45) is 5.92 Å². The number of aliphatic hydroxyl groups is 1. The molecule has 19 heavy (non-hydrogen) atoms. The number of phenols is 1. The quantitative estimate of drug-likeness (QED) is 0.823. The van der Waals surface area contributed by atoms with Crippen LogP contribution in [-0.2, 0) is 0 Å². The second kappa shape index (κ2) is 4.59. The molecular weight excluding hydrogens is 240 g/mol. The van der Waals surface area contributed by atoms with E-state index in [1.807, 2.05) is 37.3 Å². The predicted molar refractivity (Wildman–Crippen MR) is 72.0 cm³/mol. The third-order valence-electron chi connectivity index (χ3n) is 3.67. The molecule has 0 bridgehead atoms. The number of ether oxygens (including phenoxy) is 1. The largest absolute Gasteiger partial charge is 0.508 e. The minimum atomic E-state index is -0.638. The molecule has 3 nitrogen and oxygen atoms in total. The molecule has 0 amide bonds. The van der Waals surface area contributed by atoms with Crippen LogP contribution < -0.4 is 4.74 Å². The van der Waals surface area contributed by atoms with Crippen molar-refractivity contribution in [1.82, 2.24) is 0 Å². The third kappa shape index (κ3) is 2.06. The Labute approximate surface area is 112 Å². The van der Waals surface area contributed by atoms with Crippen molar-refractivity contribution in [1.29, 1.82) is 0 Å². The molecule has 0 saturated carbocycles. The number of hydrogen-bond donors (Lipinski definition) is 2. The van der Waals surface area contributed by atoms with Crippen molar-refractivity contribution in [3.8, 4) is 11.5 Å². The van der Waals surface area contributed by atoms with Crippen LogP contribution in [-0.4, -0.2) is 10.2 Å². The first-order chi connectivity index (χ1) is 9.16. The lowest BCUT2D eigenvalue weighted by Gasteiger charge is -2.35. The van der Waals surface area contributed by atoms with Crippen LogP contribution in [0.5, 0.6) is 11.5 Å². The lowest BCUT2D eigenvalue weighted by molar-refractivity contribution is 0.00744. The van der Waals surface area contributed by atoms with Gasteiger partial charge in [-0.3, -0.25) is 0 Å². The molecule has 98 valence electrons. The monoisotopic (exact) mass is 256 g/mol. The van der Waals surface area contributed by atoms with E-state index in [1.54, 1.807) is 18.2 Å². The summed E-state index contributed by atoms with van der Waals surface area (Å²) < 4.78 is 5.98. The van der Waals surface area contributed by atoms with Gasteiger partial charge in [0.25, 0.3) is 0 Å². The predicted octanol–water partition coefficient (Wildman–Crippen LogP) is 3.20. The van der Waals surface area contributed by atoms with Gasteiger partial charge in [-0.25, -0.2) is 0 Å². The Balaban J connectivity index is 2.02. The molecule has 3 heteroatoms. The van der Waals surface area contributed by atoms with Crippen LogP contribution in [0.3, 0.4) is 0 Å². The van der Waals surface area contributed by atoms with Gasteiger partial charge in [0, 0.05) is 11.5 Å². The van der Waals surface area contributed by atoms with Crippen LogP contribution in [0.25, 0.3) is 0 Å². The number of aromatic hydroxyl groups is 1. The highest BCUT2D eigenvalue weighted by Crippen LogP contribution is 2.45. The second-order valence-electron chi connectivity index (χ2n) is 4.98. The molecular formula is C16H16O3. The second-order valence-corrected chi connectivity index (χ2v) is 4.98. The summed E-state index contributed by atoms with van der Waals surface area (Å²) in [4.78, 5) is 0. The van der Waals surface area contributed by atoms with Crippen LogP contribution >= 0.6 is 0 Å². The minimum Gasteiger partial charge on any atom is -0.508 e. The maximum Gasteiger partial charge on any atom is 0.129 e. The van der Waals surface area contributed by atoms with Gasteiger partial charge in [0.15, 0.2) is 0 Å². The van der Waals surface area contributed by atoms with E-state index in [1.165, 1.54) is 0 Å². The molecule has 2 aromatic carbocycles. The lowest BCUT2D eigenvalue weighted by Crippen LogP contribution is -2.27. The van der Waals surface area contributed by atoms with E-state index in [0.29, 0.717) is 11.3 Å². The Bertz CT molecular complexity index is 580. The van der Waals surface area contributed by atoms with E-state index in [4.69, 9.17) is 4.74 Å². The molecule has 0 radical (unpaired) electrons. The fourth-order valence-corrected chi connectivity index (χ4v) is 2.58. The maximum atomic E-state index is 10.4. The van der Waals surface area contributed by atoms with Crippen molar-refractivity contribution < 1.29 is 14.9 Å². The summed E-state index contributed by atoms with van der Waals surface area (Å²) in [6.07, 6.45) is -0.811. The lowest BCUT2D eigenvalue weighted by atomic mass is 9.86. The van der Waals surface area contributed by atoms with Gasteiger partial charge in [-0.15, -0.1) is 0 Å². The Morgan fingerprint density at radius 3 is 2.53 bits per heavy atom. The van der Waals surface area contributed by atoms with Crippen molar-refractivity contribution in [2.45, 2.75) is 19.1 Å². The smallest absolute Gasteiger partial charge is 0.129 e. The number of rotatable bonds is 1. The first-order valence-corrected chi connectivity index (χ1v) is 6.39. The number of phenolic OH excluding ortho intramolecular Hbond substituents is 1. The summed E-state index contributed by atoms with van der Waals surface area (Å²) >= 11 is 0. The highest BCUT2D eigenvalue weighted by Gasteiger charge is 2.35. The first-order valence-electron chi connectivity index (χ1n) is 6.39. The Morgan fingerprint density at radius 1 is 1.05 bits per heavy atom. The van der Waals surface area contributed by atoms with Gasteiger partial charge in [0.1, 0.15) is 17.6 Å². The van der Waals surface area contributed by atoms with Crippen LogP contribution in [0.4, 0.5) is 0 Å². The van der Waals surface area contributed by atoms with Crippen molar-refractivity contribution in [3.05, 3.63) is 59.7 Å². The van der Waals surface area contributed by atoms with Crippen LogP contribution in [0.2, 0.25) is 0 Å². The maximum absolute atomic E-state index is 10.4. The van der Waals surface area contributed by atoms with Crippen molar-refractivity contribution in [3.63, 3.8) is 0 Å². The first kappa shape index (κ1) is 12.1. The van der Waals surface area contributed by atoms with Gasteiger partial charge in [-0.1, -0.05) is 37.3 Å². The average Bonchev–Trinajstić information content (AvgIpc) is 2.44. The van der Waals surface area contributed by atoms with Crippen LogP contribution in [0.1, 0.15) is 30.3 Å². The summed E-state index contributed by atoms with van der Waals surface area (Å²) in [7, 11) is 0. The Morgan fingerprint density at radius 2 is 1.79 bits per heavy atom. The van der Waals surface area contributed by atoms with E-state index < -0.39 is 6.10 Å². The number of benzene rings is 2. The summed E-state index contributed by atoms with van der Waals surface area (Å²) in [6.45, 7) is 1.95. The van der Waals surface area contributed by atoms with E-state index in [2.05, 4.69) is 0 Å². The molecule has 0 aromatic heterocycles. The summed E-state index contributed by atoms with van der Waals surface area (Å²) in [5.41, 5.74) is 1.70. The molecule has 3 atom stereocenters. The molecule has 0 fully saturated rings. The van der Waals surface area contributed by atoms with Gasteiger partial charge < -0.3 is 14.9 Å². The van der Waals surface area contributed by atoms with E-state index >= 15 is 0 Å². The SMILES string of the molecule is CC1C(O)c2cc(O)ccc2OC1c1ccccc1. The molecule has 3 rings (SSSR count). The number of fused-ring (bicyclic) bond motifs is 1. The molecule has 1 aliphatic rings. The zero-order valence-corrected chi connectivity index (χ0v) is 10.7. The molecule has 0 spiro atoms. The van der Waals surface area contributed by atoms with Crippen LogP contribution in [0, 0.1) is 5.92 Å². The normalized spacial score (nSPS) is 25.5. The van der Waals surface area contributed by atoms with Gasteiger partial charge in [-0.2, -0.15) is 0 Å². The van der Waals surface area contributed by atoms with Gasteiger partial charge in [0.05, 0.1) is 6.10 Å². The molecule has 1 aliphatic heterocycles.